The van der Waals surface area contributed by atoms with Crippen LogP contribution >= 0.6 is 0 Å². The number of benzene rings is 1. The first kappa shape index (κ1) is 13.4. The molecule has 2 N–H and O–H groups in total. The lowest BCUT2D eigenvalue weighted by Gasteiger charge is -2.21. The Morgan fingerprint density at radius 2 is 2.11 bits per heavy atom. The summed E-state index contributed by atoms with van der Waals surface area (Å²) in [6, 6.07) is 3.44. The van der Waals surface area contributed by atoms with Gasteiger partial charge >= 0.3 is 6.18 Å². The number of halogens is 3. The minimum absolute atomic E-state index is 0.0552. The maximum atomic E-state index is 12.5. The Labute approximate surface area is 104 Å². The predicted molar refractivity (Wildman–Crippen MR) is 62.2 cm³/mol. The van der Waals surface area contributed by atoms with Gasteiger partial charge in [0.05, 0.1) is 11.7 Å². The molecule has 0 spiro atoms. The summed E-state index contributed by atoms with van der Waals surface area (Å²) >= 11 is 0. The molecule has 0 bridgehead atoms. The highest BCUT2D eigenvalue weighted by atomic mass is 19.4. The Hall–Kier alpha value is -1.07. The molecule has 2 atom stereocenters. The molecular formula is C13H16F3NO. The Morgan fingerprint density at radius 1 is 1.39 bits per heavy atom. The minimum Gasteiger partial charge on any atom is -0.387 e. The van der Waals surface area contributed by atoms with Gasteiger partial charge in [-0.2, -0.15) is 13.2 Å². The summed E-state index contributed by atoms with van der Waals surface area (Å²) in [6.07, 6.45) is -3.24. The molecule has 1 aliphatic heterocycles. The van der Waals surface area contributed by atoms with E-state index in [1.165, 1.54) is 6.07 Å². The maximum absolute atomic E-state index is 12.5. The number of aliphatic hydroxyl groups excluding tert-OH is 1. The average Bonchev–Trinajstić information content (AvgIpc) is 2.80. The molecule has 1 aromatic carbocycles. The fourth-order valence-corrected chi connectivity index (χ4v) is 2.38. The monoisotopic (exact) mass is 259 g/mol. The van der Waals surface area contributed by atoms with Crippen molar-refractivity contribution in [1.82, 2.24) is 5.32 Å². The fraction of sp³-hybridized carbons (Fsp3) is 0.538. The Morgan fingerprint density at radius 3 is 2.61 bits per heavy atom. The van der Waals surface area contributed by atoms with Gasteiger partial charge in [0.2, 0.25) is 0 Å². The Balaban J connectivity index is 2.24. The second-order valence-corrected chi connectivity index (χ2v) is 4.72. The third-order valence-corrected chi connectivity index (χ3v) is 3.40. The summed E-state index contributed by atoms with van der Waals surface area (Å²) in [4.78, 5) is 0. The van der Waals surface area contributed by atoms with Crippen LogP contribution in [0.4, 0.5) is 13.2 Å². The molecule has 1 fully saturated rings. The number of aryl methyl sites for hydroxylation is 1. The van der Waals surface area contributed by atoms with Crippen LogP contribution in [0.1, 0.15) is 35.6 Å². The highest BCUT2D eigenvalue weighted by Gasteiger charge is 2.32. The second kappa shape index (κ2) is 4.90. The summed E-state index contributed by atoms with van der Waals surface area (Å²) in [5.74, 6) is 0. The smallest absolute Gasteiger partial charge is 0.387 e. The number of hydrogen-bond acceptors (Lipinski definition) is 2. The van der Waals surface area contributed by atoms with Crippen molar-refractivity contribution in [2.45, 2.75) is 38.1 Å². The van der Waals surface area contributed by atoms with Crippen molar-refractivity contribution in [3.63, 3.8) is 0 Å². The number of nitrogens with one attached hydrogen (secondary N) is 1. The van der Waals surface area contributed by atoms with Gasteiger partial charge in [-0.25, -0.2) is 0 Å². The summed E-state index contributed by atoms with van der Waals surface area (Å²) in [5.41, 5.74) is 0.378. The molecule has 100 valence electrons. The minimum atomic E-state index is -4.33. The van der Waals surface area contributed by atoms with Crippen LogP contribution in [-0.4, -0.2) is 17.7 Å². The van der Waals surface area contributed by atoms with Crippen LogP contribution in [0.5, 0.6) is 0 Å². The van der Waals surface area contributed by atoms with Gasteiger partial charge in [0, 0.05) is 6.04 Å². The van der Waals surface area contributed by atoms with E-state index >= 15 is 0 Å². The van der Waals surface area contributed by atoms with Crippen molar-refractivity contribution >= 4 is 0 Å². The summed E-state index contributed by atoms with van der Waals surface area (Å²) in [7, 11) is 0. The SMILES string of the molecule is Cc1cc(C(F)(F)F)ccc1C(O)C1CCCN1. The maximum Gasteiger partial charge on any atom is 0.416 e. The van der Waals surface area contributed by atoms with Crippen LogP contribution in [0.25, 0.3) is 0 Å². The molecule has 1 aliphatic rings. The second-order valence-electron chi connectivity index (χ2n) is 4.72. The van der Waals surface area contributed by atoms with Crippen LogP contribution in [0.15, 0.2) is 18.2 Å². The number of aliphatic hydroxyl groups is 1. The molecule has 1 aromatic rings. The molecule has 2 unspecified atom stereocenters. The highest BCUT2D eigenvalue weighted by Crippen LogP contribution is 2.33. The topological polar surface area (TPSA) is 32.3 Å². The van der Waals surface area contributed by atoms with Gasteiger partial charge in [0.25, 0.3) is 0 Å². The third-order valence-electron chi connectivity index (χ3n) is 3.40. The van der Waals surface area contributed by atoms with E-state index in [2.05, 4.69) is 5.32 Å². The molecular weight excluding hydrogens is 243 g/mol. The van der Waals surface area contributed by atoms with Gasteiger partial charge in [0.15, 0.2) is 0 Å². The van der Waals surface area contributed by atoms with Gasteiger partial charge in [0.1, 0.15) is 0 Å². The summed E-state index contributed by atoms with van der Waals surface area (Å²) < 4.78 is 37.6. The first-order chi connectivity index (χ1) is 8.39. The number of alkyl halides is 3. The Bertz CT molecular complexity index is 425. The van der Waals surface area contributed by atoms with Crippen LogP contribution in [0, 0.1) is 6.92 Å². The standard InChI is InChI=1S/C13H16F3NO/c1-8-7-9(13(14,15)16)4-5-10(8)12(18)11-3-2-6-17-11/h4-5,7,11-12,17-18H,2-3,6H2,1H3. The van der Waals surface area contributed by atoms with Crippen LogP contribution < -0.4 is 5.32 Å². The fourth-order valence-electron chi connectivity index (χ4n) is 2.38. The lowest BCUT2D eigenvalue weighted by Crippen LogP contribution is -2.29. The van der Waals surface area contributed by atoms with E-state index in [1.54, 1.807) is 6.92 Å². The van der Waals surface area contributed by atoms with E-state index in [9.17, 15) is 18.3 Å². The largest absolute Gasteiger partial charge is 0.416 e. The number of rotatable bonds is 2. The molecule has 0 aliphatic carbocycles. The van der Waals surface area contributed by atoms with Gasteiger partial charge in [-0.15, -0.1) is 0 Å². The van der Waals surface area contributed by atoms with E-state index in [-0.39, 0.29) is 6.04 Å². The van der Waals surface area contributed by atoms with E-state index in [0.717, 1.165) is 31.5 Å². The van der Waals surface area contributed by atoms with Crippen LogP contribution in [-0.2, 0) is 6.18 Å². The van der Waals surface area contributed by atoms with Crippen molar-refractivity contribution in [3.05, 3.63) is 34.9 Å². The zero-order chi connectivity index (χ0) is 13.3. The van der Waals surface area contributed by atoms with E-state index in [0.29, 0.717) is 11.1 Å². The molecule has 0 radical (unpaired) electrons. The van der Waals surface area contributed by atoms with Gasteiger partial charge in [-0.05, 0) is 49.6 Å². The van der Waals surface area contributed by atoms with Gasteiger partial charge in [-0.1, -0.05) is 6.07 Å². The number of hydrogen-bond donors (Lipinski definition) is 2. The molecule has 0 amide bonds. The third kappa shape index (κ3) is 2.67. The summed E-state index contributed by atoms with van der Waals surface area (Å²) in [6.45, 7) is 2.45. The first-order valence-corrected chi connectivity index (χ1v) is 5.99. The lowest BCUT2D eigenvalue weighted by molar-refractivity contribution is -0.137. The normalized spacial score (nSPS) is 22.2. The highest BCUT2D eigenvalue weighted by molar-refractivity contribution is 5.34. The molecule has 18 heavy (non-hydrogen) atoms. The van der Waals surface area contributed by atoms with Gasteiger partial charge in [-0.3, -0.25) is 0 Å². The first-order valence-electron chi connectivity index (χ1n) is 5.99. The van der Waals surface area contributed by atoms with Gasteiger partial charge < -0.3 is 10.4 Å². The van der Waals surface area contributed by atoms with Crippen molar-refractivity contribution in [2.75, 3.05) is 6.54 Å². The molecule has 0 aromatic heterocycles. The van der Waals surface area contributed by atoms with E-state index in [4.69, 9.17) is 0 Å². The molecule has 5 heteroatoms. The zero-order valence-corrected chi connectivity index (χ0v) is 10.1. The van der Waals surface area contributed by atoms with Crippen molar-refractivity contribution < 1.29 is 18.3 Å². The van der Waals surface area contributed by atoms with Crippen molar-refractivity contribution in [2.24, 2.45) is 0 Å². The van der Waals surface area contributed by atoms with Crippen LogP contribution in [0.2, 0.25) is 0 Å². The molecule has 1 saturated heterocycles. The summed E-state index contributed by atoms with van der Waals surface area (Å²) in [5, 5.41) is 13.3. The molecule has 1 heterocycles. The Kier molecular flexibility index (Phi) is 3.64. The predicted octanol–water partition coefficient (Wildman–Crippen LogP) is 2.80. The zero-order valence-electron chi connectivity index (χ0n) is 10.1. The van der Waals surface area contributed by atoms with Crippen molar-refractivity contribution in [1.29, 1.82) is 0 Å². The molecule has 2 nitrogen and oxygen atoms in total. The lowest BCUT2D eigenvalue weighted by atomic mass is 9.95. The van der Waals surface area contributed by atoms with E-state index in [1.807, 2.05) is 0 Å². The molecule has 2 rings (SSSR count). The van der Waals surface area contributed by atoms with E-state index < -0.39 is 17.8 Å². The quantitative estimate of drug-likeness (QED) is 0.856. The molecule has 0 saturated carbocycles. The average molecular weight is 259 g/mol. The van der Waals surface area contributed by atoms with Crippen LogP contribution in [0.3, 0.4) is 0 Å². The van der Waals surface area contributed by atoms with Crippen molar-refractivity contribution in [3.8, 4) is 0 Å².